The Kier molecular flexibility index (Phi) is 6.31. The Labute approximate surface area is 138 Å². The standard InChI is InChI=1S/C12H14Cl3NO4S/c1-8-2-4-9(5-3-8)21(19,20)7-6-10(17)16-11(18)12(13,14)15/h2-5,11,18H,6-7H2,1H3,(H,16,17). The Hall–Kier alpha value is -0.530. The molecule has 0 aromatic heterocycles. The van der Waals surface area contributed by atoms with Crippen LogP contribution >= 0.6 is 34.8 Å². The second-order valence-corrected chi connectivity index (χ2v) is 8.87. The summed E-state index contributed by atoms with van der Waals surface area (Å²) in [5, 5.41) is 11.4. The van der Waals surface area contributed by atoms with Crippen LogP contribution in [0.1, 0.15) is 12.0 Å². The molecule has 1 aromatic carbocycles. The highest BCUT2D eigenvalue weighted by Crippen LogP contribution is 2.28. The Bertz CT molecular complexity index is 596. The lowest BCUT2D eigenvalue weighted by atomic mass is 10.2. The van der Waals surface area contributed by atoms with Crippen molar-refractivity contribution in [2.45, 2.75) is 28.3 Å². The molecular formula is C12H14Cl3NO4S. The van der Waals surface area contributed by atoms with Crippen LogP contribution in [0.3, 0.4) is 0 Å². The van der Waals surface area contributed by atoms with Gasteiger partial charge < -0.3 is 10.4 Å². The summed E-state index contributed by atoms with van der Waals surface area (Å²) in [6.45, 7) is 1.84. The number of aryl methyl sites for hydroxylation is 1. The summed E-state index contributed by atoms with van der Waals surface area (Å²) in [7, 11) is -3.58. The number of aliphatic hydroxyl groups excluding tert-OH is 1. The summed E-state index contributed by atoms with van der Waals surface area (Å²) in [5.41, 5.74) is 0.928. The molecule has 0 heterocycles. The van der Waals surface area contributed by atoms with Crippen molar-refractivity contribution in [2.75, 3.05) is 5.75 Å². The number of hydrogen-bond acceptors (Lipinski definition) is 4. The lowest BCUT2D eigenvalue weighted by Crippen LogP contribution is -2.43. The van der Waals surface area contributed by atoms with Gasteiger partial charge in [0.05, 0.1) is 10.6 Å². The van der Waals surface area contributed by atoms with E-state index in [2.05, 4.69) is 0 Å². The Morgan fingerprint density at radius 2 is 1.81 bits per heavy atom. The third-order valence-electron chi connectivity index (χ3n) is 2.59. The van der Waals surface area contributed by atoms with Crippen molar-refractivity contribution in [2.24, 2.45) is 0 Å². The number of benzene rings is 1. The highest BCUT2D eigenvalue weighted by molar-refractivity contribution is 7.91. The summed E-state index contributed by atoms with van der Waals surface area (Å²) < 4.78 is 21.9. The minimum absolute atomic E-state index is 0.128. The first-order valence-electron chi connectivity index (χ1n) is 5.86. The smallest absolute Gasteiger partial charge is 0.234 e. The van der Waals surface area contributed by atoms with Crippen LogP contribution in [0.25, 0.3) is 0 Å². The topological polar surface area (TPSA) is 83.5 Å². The SMILES string of the molecule is Cc1ccc(S(=O)(=O)CCC(=O)NC(O)C(Cl)(Cl)Cl)cc1. The van der Waals surface area contributed by atoms with Crippen LogP contribution < -0.4 is 5.32 Å². The van der Waals surface area contributed by atoms with E-state index in [1.807, 2.05) is 12.2 Å². The molecule has 21 heavy (non-hydrogen) atoms. The number of halogens is 3. The molecule has 1 unspecified atom stereocenters. The largest absolute Gasteiger partial charge is 0.369 e. The van der Waals surface area contributed by atoms with Gasteiger partial charge in [0.25, 0.3) is 0 Å². The zero-order chi connectivity index (χ0) is 16.3. The van der Waals surface area contributed by atoms with E-state index in [0.29, 0.717) is 0 Å². The minimum Gasteiger partial charge on any atom is -0.369 e. The van der Waals surface area contributed by atoms with Crippen molar-refractivity contribution < 1.29 is 18.3 Å². The van der Waals surface area contributed by atoms with Crippen LogP contribution in [0.4, 0.5) is 0 Å². The fourth-order valence-electron chi connectivity index (χ4n) is 1.40. The van der Waals surface area contributed by atoms with E-state index in [-0.39, 0.29) is 11.3 Å². The van der Waals surface area contributed by atoms with Gasteiger partial charge in [-0.25, -0.2) is 8.42 Å². The van der Waals surface area contributed by atoms with Crippen LogP contribution in [0.5, 0.6) is 0 Å². The second kappa shape index (κ2) is 7.15. The second-order valence-electron chi connectivity index (χ2n) is 4.39. The molecule has 0 bridgehead atoms. The predicted octanol–water partition coefficient (Wildman–Crippen LogP) is 1.96. The number of hydrogen-bond donors (Lipinski definition) is 2. The summed E-state index contributed by atoms with van der Waals surface area (Å²) in [6, 6.07) is 6.27. The van der Waals surface area contributed by atoms with Gasteiger partial charge >= 0.3 is 0 Å². The minimum atomic E-state index is -3.58. The molecule has 5 nitrogen and oxygen atoms in total. The Morgan fingerprint density at radius 3 is 2.29 bits per heavy atom. The Balaban J connectivity index is 2.62. The van der Waals surface area contributed by atoms with E-state index in [0.717, 1.165) is 5.56 Å². The van der Waals surface area contributed by atoms with Crippen molar-refractivity contribution in [1.82, 2.24) is 5.32 Å². The molecule has 0 aliphatic carbocycles. The molecule has 0 fully saturated rings. The van der Waals surface area contributed by atoms with Gasteiger partial charge in [-0.2, -0.15) is 0 Å². The fourth-order valence-corrected chi connectivity index (χ4v) is 2.80. The number of rotatable bonds is 5. The molecule has 1 aromatic rings. The van der Waals surface area contributed by atoms with E-state index in [1.54, 1.807) is 12.1 Å². The van der Waals surface area contributed by atoms with Gasteiger partial charge in [0.15, 0.2) is 16.1 Å². The van der Waals surface area contributed by atoms with Gasteiger partial charge in [0.1, 0.15) is 0 Å². The molecule has 0 aliphatic rings. The molecule has 9 heteroatoms. The number of alkyl halides is 3. The first-order valence-corrected chi connectivity index (χ1v) is 8.64. The van der Waals surface area contributed by atoms with Crippen LogP contribution in [0.2, 0.25) is 0 Å². The molecule has 118 valence electrons. The maximum absolute atomic E-state index is 12.0. The molecule has 1 rings (SSSR count). The van der Waals surface area contributed by atoms with Gasteiger partial charge in [-0.1, -0.05) is 52.5 Å². The van der Waals surface area contributed by atoms with Crippen molar-refractivity contribution in [1.29, 1.82) is 0 Å². The van der Waals surface area contributed by atoms with Crippen molar-refractivity contribution in [3.05, 3.63) is 29.8 Å². The van der Waals surface area contributed by atoms with Crippen LogP contribution in [0.15, 0.2) is 29.2 Å². The van der Waals surface area contributed by atoms with Crippen molar-refractivity contribution in [3.8, 4) is 0 Å². The highest BCUT2D eigenvalue weighted by atomic mass is 35.6. The molecule has 1 atom stereocenters. The molecule has 0 radical (unpaired) electrons. The molecule has 0 saturated carbocycles. The van der Waals surface area contributed by atoms with Gasteiger partial charge in [0, 0.05) is 6.42 Å². The zero-order valence-corrected chi connectivity index (χ0v) is 14.1. The third-order valence-corrected chi connectivity index (χ3v) is 4.94. The first-order chi connectivity index (χ1) is 9.52. The first kappa shape index (κ1) is 18.5. The van der Waals surface area contributed by atoms with Gasteiger partial charge in [-0.15, -0.1) is 0 Å². The molecular weight excluding hydrogens is 361 g/mol. The maximum Gasteiger partial charge on any atom is 0.234 e. The van der Waals surface area contributed by atoms with E-state index in [1.165, 1.54) is 12.1 Å². The maximum atomic E-state index is 12.0. The predicted molar refractivity (Wildman–Crippen MR) is 82.3 cm³/mol. The zero-order valence-electron chi connectivity index (χ0n) is 11.0. The average molecular weight is 375 g/mol. The number of nitrogens with one attached hydrogen (secondary N) is 1. The summed E-state index contributed by atoms with van der Waals surface area (Å²) in [6.07, 6.45) is -2.06. The third kappa shape index (κ3) is 6.00. The molecule has 0 aliphatic heterocycles. The highest BCUT2D eigenvalue weighted by Gasteiger charge is 2.32. The van der Waals surface area contributed by atoms with Crippen molar-refractivity contribution >= 4 is 50.5 Å². The monoisotopic (exact) mass is 373 g/mol. The summed E-state index contributed by atoms with van der Waals surface area (Å²) >= 11 is 16.1. The van der Waals surface area contributed by atoms with Crippen LogP contribution in [-0.4, -0.2) is 35.2 Å². The quantitative estimate of drug-likeness (QED) is 0.609. The molecule has 1 amide bonds. The van der Waals surface area contributed by atoms with E-state index < -0.39 is 31.5 Å². The number of aliphatic hydroxyl groups is 1. The van der Waals surface area contributed by atoms with E-state index >= 15 is 0 Å². The normalized spacial score (nSPS) is 13.8. The molecule has 0 spiro atoms. The lowest BCUT2D eigenvalue weighted by molar-refractivity contribution is -0.123. The van der Waals surface area contributed by atoms with Gasteiger partial charge in [0.2, 0.25) is 9.70 Å². The fraction of sp³-hybridized carbons (Fsp3) is 0.417. The van der Waals surface area contributed by atoms with Crippen molar-refractivity contribution in [3.63, 3.8) is 0 Å². The number of carbonyl (C=O) groups excluding carboxylic acids is 1. The Morgan fingerprint density at radius 1 is 1.29 bits per heavy atom. The van der Waals surface area contributed by atoms with E-state index in [9.17, 15) is 18.3 Å². The van der Waals surface area contributed by atoms with Gasteiger partial charge in [-0.05, 0) is 19.1 Å². The lowest BCUT2D eigenvalue weighted by Gasteiger charge is -2.19. The molecule has 2 N–H and O–H groups in total. The summed E-state index contributed by atoms with van der Waals surface area (Å²) in [5.74, 6) is -1.14. The average Bonchev–Trinajstić information content (AvgIpc) is 2.36. The number of sulfone groups is 1. The van der Waals surface area contributed by atoms with Crippen LogP contribution in [0, 0.1) is 6.92 Å². The number of carbonyl (C=O) groups is 1. The van der Waals surface area contributed by atoms with E-state index in [4.69, 9.17) is 34.8 Å². The van der Waals surface area contributed by atoms with Crippen LogP contribution in [-0.2, 0) is 14.6 Å². The van der Waals surface area contributed by atoms with Gasteiger partial charge in [-0.3, -0.25) is 4.79 Å². The number of amides is 1. The summed E-state index contributed by atoms with van der Waals surface area (Å²) in [4.78, 5) is 11.6. The molecule has 0 saturated heterocycles.